The predicted molar refractivity (Wildman–Crippen MR) is 69.9 cm³/mol. The lowest BCUT2D eigenvalue weighted by atomic mass is 10.1. The first-order chi connectivity index (χ1) is 7.95. The van der Waals surface area contributed by atoms with Crippen molar-refractivity contribution < 1.29 is 13.2 Å². The minimum absolute atomic E-state index is 0.166. The van der Waals surface area contributed by atoms with Crippen molar-refractivity contribution in [3.05, 3.63) is 0 Å². The third-order valence-electron chi connectivity index (χ3n) is 2.77. The molecule has 17 heavy (non-hydrogen) atoms. The van der Waals surface area contributed by atoms with Gasteiger partial charge in [-0.15, -0.1) is 11.6 Å². The van der Waals surface area contributed by atoms with E-state index in [-0.39, 0.29) is 17.8 Å². The third kappa shape index (κ3) is 5.12. The van der Waals surface area contributed by atoms with Crippen LogP contribution in [-0.2, 0) is 14.8 Å². The molecule has 102 valence electrons. The molecule has 0 radical (unpaired) electrons. The second kappa shape index (κ2) is 6.92. The zero-order chi connectivity index (χ0) is 12.9. The molecule has 0 aliphatic carbocycles. The van der Waals surface area contributed by atoms with Crippen LogP contribution in [0.5, 0.6) is 0 Å². The second-order valence-corrected chi connectivity index (χ2v) is 7.22. The number of sulfonamides is 1. The Morgan fingerprint density at radius 1 is 1.35 bits per heavy atom. The van der Waals surface area contributed by atoms with Crippen molar-refractivity contribution >= 4 is 21.6 Å². The maximum Gasteiger partial charge on any atom is 0.214 e. The first-order valence-corrected chi connectivity index (χ1v) is 8.25. The molecule has 0 bridgehead atoms. The number of nitrogens with zero attached hydrogens (tertiary/aromatic N) is 1. The van der Waals surface area contributed by atoms with Crippen molar-refractivity contribution in [3.8, 4) is 0 Å². The van der Waals surface area contributed by atoms with Gasteiger partial charge in [0.05, 0.1) is 18.5 Å². The summed E-state index contributed by atoms with van der Waals surface area (Å²) in [5.41, 5.74) is 0. The van der Waals surface area contributed by atoms with Crippen LogP contribution in [0.3, 0.4) is 0 Å². The minimum Gasteiger partial charge on any atom is -0.377 e. The van der Waals surface area contributed by atoms with Gasteiger partial charge < -0.3 is 4.74 Å². The zero-order valence-corrected chi connectivity index (χ0v) is 12.1. The summed E-state index contributed by atoms with van der Waals surface area (Å²) >= 11 is 5.55. The molecule has 0 atom stereocenters. The summed E-state index contributed by atoms with van der Waals surface area (Å²) in [6.07, 6.45) is 1.71. The lowest BCUT2D eigenvalue weighted by Crippen LogP contribution is -2.42. The summed E-state index contributed by atoms with van der Waals surface area (Å²) in [5, 5.41) is 0. The number of ether oxygens (including phenoxy) is 1. The molecule has 0 amide bonds. The largest absolute Gasteiger partial charge is 0.377 e. The molecule has 0 unspecified atom stereocenters. The molecule has 1 rings (SSSR count). The van der Waals surface area contributed by atoms with Crippen LogP contribution in [0.2, 0.25) is 0 Å². The molecule has 0 saturated carbocycles. The highest BCUT2D eigenvalue weighted by atomic mass is 35.5. The second-order valence-electron chi connectivity index (χ2n) is 4.83. The summed E-state index contributed by atoms with van der Waals surface area (Å²) in [6.45, 7) is 5.54. The van der Waals surface area contributed by atoms with Crippen molar-refractivity contribution in [1.82, 2.24) is 4.31 Å². The molecule has 4 nitrogen and oxygen atoms in total. The Kier molecular flexibility index (Phi) is 6.20. The third-order valence-corrected chi connectivity index (χ3v) is 5.16. The van der Waals surface area contributed by atoms with E-state index in [4.69, 9.17) is 16.3 Å². The Hall–Kier alpha value is 0.160. The van der Waals surface area contributed by atoms with Gasteiger partial charge in [0.2, 0.25) is 10.0 Å². The molecule has 6 heteroatoms. The van der Waals surface area contributed by atoms with Gasteiger partial charge in [0.15, 0.2) is 0 Å². The smallest absolute Gasteiger partial charge is 0.214 e. The van der Waals surface area contributed by atoms with E-state index in [1.165, 1.54) is 0 Å². The van der Waals surface area contributed by atoms with Crippen LogP contribution in [0.1, 0.15) is 26.7 Å². The summed E-state index contributed by atoms with van der Waals surface area (Å²) < 4.78 is 31.1. The zero-order valence-electron chi connectivity index (χ0n) is 10.6. The molecule has 1 fully saturated rings. The SMILES string of the molecule is CC(C)CS(=O)(=O)N1CCC(OCCCl)CC1. The summed E-state index contributed by atoms with van der Waals surface area (Å²) in [4.78, 5) is 0. The van der Waals surface area contributed by atoms with Crippen molar-refractivity contribution in [2.75, 3.05) is 31.3 Å². The van der Waals surface area contributed by atoms with Crippen LogP contribution in [-0.4, -0.2) is 50.2 Å². The summed E-state index contributed by atoms with van der Waals surface area (Å²) in [5.74, 6) is 0.900. The van der Waals surface area contributed by atoms with Gasteiger partial charge in [-0.1, -0.05) is 13.8 Å². The normalized spacial score (nSPS) is 20.0. The quantitative estimate of drug-likeness (QED) is 0.697. The molecular formula is C11H22ClNO3S. The molecule has 0 aromatic heterocycles. The van der Waals surface area contributed by atoms with Gasteiger partial charge in [-0.05, 0) is 18.8 Å². The van der Waals surface area contributed by atoms with Crippen LogP contribution < -0.4 is 0 Å². The number of hydrogen-bond donors (Lipinski definition) is 0. The van der Waals surface area contributed by atoms with Crippen LogP contribution in [0.4, 0.5) is 0 Å². The molecule has 0 N–H and O–H groups in total. The van der Waals surface area contributed by atoms with E-state index in [2.05, 4.69) is 0 Å². The van der Waals surface area contributed by atoms with Gasteiger partial charge in [0.1, 0.15) is 0 Å². The van der Waals surface area contributed by atoms with E-state index < -0.39 is 10.0 Å². The average Bonchev–Trinajstić information content (AvgIpc) is 2.25. The Morgan fingerprint density at radius 3 is 2.41 bits per heavy atom. The van der Waals surface area contributed by atoms with Crippen molar-refractivity contribution in [2.45, 2.75) is 32.8 Å². The number of rotatable bonds is 6. The Morgan fingerprint density at radius 2 is 1.94 bits per heavy atom. The molecule has 0 aromatic carbocycles. The van der Waals surface area contributed by atoms with Gasteiger partial charge in [0.25, 0.3) is 0 Å². The fraction of sp³-hybridized carbons (Fsp3) is 1.00. The molecule has 1 saturated heterocycles. The first-order valence-electron chi connectivity index (χ1n) is 6.11. The van der Waals surface area contributed by atoms with Gasteiger partial charge in [0, 0.05) is 19.0 Å². The number of alkyl halides is 1. The summed E-state index contributed by atoms with van der Waals surface area (Å²) in [7, 11) is -3.07. The van der Waals surface area contributed by atoms with E-state index in [0.717, 1.165) is 12.8 Å². The van der Waals surface area contributed by atoms with Crippen LogP contribution in [0.15, 0.2) is 0 Å². The van der Waals surface area contributed by atoms with E-state index in [0.29, 0.717) is 25.6 Å². The van der Waals surface area contributed by atoms with Gasteiger partial charge in [-0.25, -0.2) is 12.7 Å². The summed E-state index contributed by atoms with van der Waals surface area (Å²) in [6, 6.07) is 0. The highest BCUT2D eigenvalue weighted by Crippen LogP contribution is 2.18. The fourth-order valence-electron chi connectivity index (χ4n) is 2.01. The van der Waals surface area contributed by atoms with E-state index >= 15 is 0 Å². The first kappa shape index (κ1) is 15.2. The van der Waals surface area contributed by atoms with Crippen LogP contribution in [0.25, 0.3) is 0 Å². The molecule has 1 heterocycles. The van der Waals surface area contributed by atoms with E-state index in [1.54, 1.807) is 4.31 Å². The van der Waals surface area contributed by atoms with Gasteiger partial charge in [-0.3, -0.25) is 0 Å². The molecule has 1 aliphatic rings. The number of piperidine rings is 1. The Bertz CT molecular complexity index is 311. The number of halogens is 1. The predicted octanol–water partition coefficient (Wildman–Crippen LogP) is 1.69. The van der Waals surface area contributed by atoms with Gasteiger partial charge in [-0.2, -0.15) is 0 Å². The molecule has 0 aromatic rings. The van der Waals surface area contributed by atoms with Gasteiger partial charge >= 0.3 is 0 Å². The fourth-order valence-corrected chi connectivity index (χ4v) is 3.92. The molecular weight excluding hydrogens is 262 g/mol. The van der Waals surface area contributed by atoms with Crippen molar-refractivity contribution in [3.63, 3.8) is 0 Å². The maximum atomic E-state index is 12.0. The standard InChI is InChI=1S/C11H22ClNO3S/c1-10(2)9-17(14,15)13-6-3-11(4-7-13)16-8-5-12/h10-11H,3-9H2,1-2H3. The molecule has 0 spiro atoms. The van der Waals surface area contributed by atoms with Crippen LogP contribution >= 0.6 is 11.6 Å². The average molecular weight is 284 g/mol. The van der Waals surface area contributed by atoms with Crippen molar-refractivity contribution in [2.24, 2.45) is 5.92 Å². The van der Waals surface area contributed by atoms with Crippen molar-refractivity contribution in [1.29, 1.82) is 0 Å². The lowest BCUT2D eigenvalue weighted by Gasteiger charge is -2.31. The topological polar surface area (TPSA) is 46.6 Å². The minimum atomic E-state index is -3.07. The monoisotopic (exact) mass is 283 g/mol. The van der Waals surface area contributed by atoms with E-state index in [9.17, 15) is 8.42 Å². The van der Waals surface area contributed by atoms with Crippen LogP contribution in [0, 0.1) is 5.92 Å². The Labute approximate surface area is 109 Å². The lowest BCUT2D eigenvalue weighted by molar-refractivity contribution is 0.0301. The highest BCUT2D eigenvalue weighted by Gasteiger charge is 2.28. The Balaban J connectivity index is 2.41. The highest BCUT2D eigenvalue weighted by molar-refractivity contribution is 7.89. The number of hydrogen-bond acceptors (Lipinski definition) is 3. The molecule has 1 aliphatic heterocycles. The van der Waals surface area contributed by atoms with E-state index in [1.807, 2.05) is 13.8 Å². The maximum absolute atomic E-state index is 12.0.